The van der Waals surface area contributed by atoms with E-state index < -0.39 is 0 Å². The molecule has 1 aliphatic heterocycles. The molecule has 0 saturated carbocycles. The van der Waals surface area contributed by atoms with E-state index in [-0.39, 0.29) is 11.5 Å². The molecule has 2 rings (SSSR count). The number of carbonyl (C=O) groups excluding carboxylic acids is 1. The van der Waals surface area contributed by atoms with E-state index in [9.17, 15) is 4.79 Å². The highest BCUT2D eigenvalue weighted by molar-refractivity contribution is 7.99. The van der Waals surface area contributed by atoms with E-state index in [1.807, 2.05) is 34.7 Å². The van der Waals surface area contributed by atoms with E-state index in [4.69, 9.17) is 4.74 Å². The molecule has 1 aromatic rings. The van der Waals surface area contributed by atoms with Gasteiger partial charge in [0, 0.05) is 25.5 Å². The summed E-state index contributed by atoms with van der Waals surface area (Å²) >= 11 is 3.50. The molecule has 18 heavy (non-hydrogen) atoms. The third-order valence-electron chi connectivity index (χ3n) is 3.06. The van der Waals surface area contributed by atoms with Gasteiger partial charge in [-0.2, -0.15) is 23.1 Å². The van der Waals surface area contributed by atoms with Crippen molar-refractivity contribution in [3.63, 3.8) is 0 Å². The van der Waals surface area contributed by atoms with Gasteiger partial charge in [0.2, 0.25) is 5.91 Å². The lowest BCUT2D eigenvalue weighted by Crippen LogP contribution is -2.44. The monoisotopic (exact) mass is 283 g/mol. The fraction of sp³-hybridized carbons (Fsp3) is 0.462. The van der Waals surface area contributed by atoms with Gasteiger partial charge in [0.25, 0.3) is 0 Å². The highest BCUT2D eigenvalue weighted by Gasteiger charge is 2.34. The number of ether oxygens (including phenoxy) is 1. The van der Waals surface area contributed by atoms with Crippen molar-refractivity contribution >= 4 is 35.1 Å². The first-order chi connectivity index (χ1) is 8.74. The number of carbonyl (C=O) groups is 1. The molecule has 2 heterocycles. The Hall–Kier alpha value is -0.780. The van der Waals surface area contributed by atoms with Gasteiger partial charge in [-0.15, -0.1) is 0 Å². The molecule has 1 atom stereocenters. The summed E-state index contributed by atoms with van der Waals surface area (Å²) in [7, 11) is 1.72. The molecule has 3 nitrogen and oxygen atoms in total. The molecular formula is C13H17NO2S2. The number of hydrogen-bond donors (Lipinski definition) is 1. The topological polar surface area (TPSA) is 38.3 Å². The Morgan fingerprint density at radius 3 is 3.17 bits per heavy atom. The third kappa shape index (κ3) is 3.60. The summed E-state index contributed by atoms with van der Waals surface area (Å²) in [6, 6.07) is 1.98. The highest BCUT2D eigenvalue weighted by atomic mass is 32.2. The molecule has 0 spiro atoms. The normalized spacial score (nSPS) is 23.6. The van der Waals surface area contributed by atoms with E-state index in [0.717, 1.165) is 23.5 Å². The SMILES string of the molecule is CO[C@]1(CNC(=O)/C=C/c2ccsc2)CCSC1. The van der Waals surface area contributed by atoms with Crippen LogP contribution in [0.5, 0.6) is 0 Å². The highest BCUT2D eigenvalue weighted by Crippen LogP contribution is 2.30. The van der Waals surface area contributed by atoms with Crippen molar-refractivity contribution < 1.29 is 9.53 Å². The average molecular weight is 283 g/mol. The van der Waals surface area contributed by atoms with Crippen molar-refractivity contribution in [3.05, 3.63) is 28.5 Å². The van der Waals surface area contributed by atoms with Gasteiger partial charge in [0.15, 0.2) is 0 Å². The molecule has 1 fully saturated rings. The molecule has 0 aliphatic carbocycles. The van der Waals surface area contributed by atoms with Crippen LogP contribution >= 0.6 is 23.1 Å². The Labute approximate surface area is 116 Å². The fourth-order valence-electron chi connectivity index (χ4n) is 1.81. The van der Waals surface area contributed by atoms with Gasteiger partial charge < -0.3 is 10.1 Å². The second-order valence-corrected chi connectivity index (χ2v) is 6.18. The largest absolute Gasteiger partial charge is 0.376 e. The van der Waals surface area contributed by atoms with Crippen molar-refractivity contribution in [1.82, 2.24) is 5.32 Å². The summed E-state index contributed by atoms with van der Waals surface area (Å²) in [6.07, 6.45) is 4.41. The van der Waals surface area contributed by atoms with Crippen LogP contribution in [0, 0.1) is 0 Å². The maximum atomic E-state index is 11.7. The molecule has 1 amide bonds. The van der Waals surface area contributed by atoms with Crippen molar-refractivity contribution in [2.45, 2.75) is 12.0 Å². The Morgan fingerprint density at radius 1 is 1.67 bits per heavy atom. The maximum absolute atomic E-state index is 11.7. The van der Waals surface area contributed by atoms with Crippen LogP contribution in [0.4, 0.5) is 0 Å². The number of rotatable bonds is 5. The van der Waals surface area contributed by atoms with Gasteiger partial charge >= 0.3 is 0 Å². The second kappa shape index (κ2) is 6.41. The van der Waals surface area contributed by atoms with Gasteiger partial charge in [0.1, 0.15) is 0 Å². The molecule has 0 radical (unpaired) electrons. The Bertz CT molecular complexity index is 409. The fourth-order valence-corrected chi connectivity index (χ4v) is 3.84. The summed E-state index contributed by atoms with van der Waals surface area (Å²) in [4.78, 5) is 11.7. The van der Waals surface area contributed by atoms with Crippen molar-refractivity contribution in [1.29, 1.82) is 0 Å². The van der Waals surface area contributed by atoms with Crippen LogP contribution in [-0.4, -0.2) is 36.7 Å². The smallest absolute Gasteiger partial charge is 0.244 e. The molecule has 1 N–H and O–H groups in total. The van der Waals surface area contributed by atoms with Crippen molar-refractivity contribution in [2.24, 2.45) is 0 Å². The molecule has 0 bridgehead atoms. The first-order valence-corrected chi connectivity index (χ1v) is 7.95. The first-order valence-electron chi connectivity index (χ1n) is 5.85. The summed E-state index contributed by atoms with van der Waals surface area (Å²) in [5, 5.41) is 6.92. The molecule has 5 heteroatoms. The average Bonchev–Trinajstić information content (AvgIpc) is 3.06. The van der Waals surface area contributed by atoms with E-state index >= 15 is 0 Å². The summed E-state index contributed by atoms with van der Waals surface area (Å²) < 4.78 is 5.54. The molecular weight excluding hydrogens is 266 g/mol. The Kier molecular flexibility index (Phi) is 4.86. The lowest BCUT2D eigenvalue weighted by molar-refractivity contribution is -0.117. The van der Waals surface area contributed by atoms with Crippen LogP contribution in [0.2, 0.25) is 0 Å². The zero-order valence-corrected chi connectivity index (χ0v) is 12.0. The van der Waals surface area contributed by atoms with Gasteiger partial charge in [-0.1, -0.05) is 0 Å². The molecule has 1 aliphatic rings. The minimum absolute atomic E-state index is 0.0606. The zero-order chi connectivity index (χ0) is 12.8. The number of thioether (sulfide) groups is 1. The van der Waals surface area contributed by atoms with Gasteiger partial charge in [0.05, 0.1) is 5.60 Å². The summed E-state index contributed by atoms with van der Waals surface area (Å²) in [5.74, 6) is 2.00. The maximum Gasteiger partial charge on any atom is 0.244 e. The number of methoxy groups -OCH3 is 1. The van der Waals surface area contributed by atoms with Crippen molar-refractivity contribution in [3.8, 4) is 0 Å². The van der Waals surface area contributed by atoms with Crippen LogP contribution in [0.3, 0.4) is 0 Å². The van der Waals surface area contributed by atoms with E-state index in [2.05, 4.69) is 5.32 Å². The zero-order valence-electron chi connectivity index (χ0n) is 10.3. The van der Waals surface area contributed by atoms with Crippen LogP contribution in [0.15, 0.2) is 22.9 Å². The minimum atomic E-state index is -0.170. The van der Waals surface area contributed by atoms with Crippen LogP contribution in [0.1, 0.15) is 12.0 Å². The van der Waals surface area contributed by atoms with Crippen molar-refractivity contribution in [2.75, 3.05) is 25.2 Å². The third-order valence-corrected chi connectivity index (χ3v) is 4.98. The van der Waals surface area contributed by atoms with Gasteiger partial charge in [-0.05, 0) is 40.6 Å². The number of thiophene rings is 1. The number of hydrogen-bond acceptors (Lipinski definition) is 4. The van der Waals surface area contributed by atoms with Gasteiger partial charge in [-0.3, -0.25) is 4.79 Å². The lowest BCUT2D eigenvalue weighted by Gasteiger charge is -2.26. The van der Waals surface area contributed by atoms with E-state index in [0.29, 0.717) is 6.54 Å². The summed E-state index contributed by atoms with van der Waals surface area (Å²) in [6.45, 7) is 0.587. The van der Waals surface area contributed by atoms with E-state index in [1.54, 1.807) is 24.5 Å². The Morgan fingerprint density at radius 2 is 2.56 bits per heavy atom. The predicted molar refractivity (Wildman–Crippen MR) is 78.0 cm³/mol. The lowest BCUT2D eigenvalue weighted by atomic mass is 10.0. The first kappa shape index (κ1) is 13.6. The Balaban J connectivity index is 1.81. The predicted octanol–water partition coefficient (Wildman–Crippen LogP) is 2.40. The quantitative estimate of drug-likeness (QED) is 0.843. The molecule has 1 saturated heterocycles. The number of nitrogens with one attached hydrogen (secondary N) is 1. The molecule has 0 unspecified atom stereocenters. The molecule has 98 valence electrons. The van der Waals surface area contributed by atoms with Gasteiger partial charge in [-0.25, -0.2) is 0 Å². The molecule has 1 aromatic heterocycles. The standard InChI is InChI=1S/C13H17NO2S2/c1-16-13(5-7-18-10-13)9-14-12(15)3-2-11-4-6-17-8-11/h2-4,6,8H,5,7,9-10H2,1H3,(H,14,15)/b3-2+/t13-/m0/s1. The van der Waals surface area contributed by atoms with Crippen LogP contribution < -0.4 is 5.32 Å². The van der Waals surface area contributed by atoms with Crippen LogP contribution in [-0.2, 0) is 9.53 Å². The van der Waals surface area contributed by atoms with Crippen LogP contribution in [0.25, 0.3) is 6.08 Å². The number of amides is 1. The second-order valence-electron chi connectivity index (χ2n) is 4.30. The minimum Gasteiger partial charge on any atom is -0.376 e. The summed E-state index contributed by atoms with van der Waals surface area (Å²) in [5.41, 5.74) is 0.893. The molecule has 0 aromatic carbocycles. The van der Waals surface area contributed by atoms with E-state index in [1.165, 1.54) is 0 Å².